The molecule has 0 saturated carbocycles. The quantitative estimate of drug-likeness (QED) is 0.713. The number of ether oxygens (including phenoxy) is 1. The summed E-state index contributed by atoms with van der Waals surface area (Å²) in [5.41, 5.74) is 7.07. The van der Waals surface area contributed by atoms with Crippen LogP contribution in [0.3, 0.4) is 0 Å². The minimum absolute atomic E-state index is 0.00769. The molecule has 0 amide bonds. The van der Waals surface area contributed by atoms with E-state index in [0.717, 1.165) is 0 Å². The average Bonchev–Trinajstić information content (AvgIpc) is 2.13. The molecule has 0 heterocycles. The minimum atomic E-state index is -0.512. The number of halogens is 2. The number of hydrogen-bond acceptors (Lipinski definition) is 2. The lowest BCUT2D eigenvalue weighted by Gasteiger charge is -2.13. The van der Waals surface area contributed by atoms with Gasteiger partial charge in [0.25, 0.3) is 0 Å². The number of nitrogen functional groups attached to an aromatic ring is 1. The Bertz CT molecular complexity index is 323. The first kappa shape index (κ1) is 10.1. The Morgan fingerprint density at radius 1 is 1.31 bits per heavy atom. The van der Waals surface area contributed by atoms with E-state index in [1.807, 2.05) is 0 Å². The van der Waals surface area contributed by atoms with Gasteiger partial charge in [0.15, 0.2) is 5.82 Å². The van der Waals surface area contributed by atoms with Crippen LogP contribution in [-0.2, 0) is 0 Å². The predicted molar refractivity (Wildman–Crippen MR) is 51.8 cm³/mol. The normalized spacial score (nSPS) is 10.2. The van der Waals surface area contributed by atoms with Crippen molar-refractivity contribution in [2.24, 2.45) is 0 Å². The van der Waals surface area contributed by atoms with Gasteiger partial charge in [-0.1, -0.05) is 11.6 Å². The van der Waals surface area contributed by atoms with Crippen molar-refractivity contribution in [3.63, 3.8) is 0 Å². The SMILES string of the molecule is COc1c(C)c(N)c(C)c(F)c1Cl. The van der Waals surface area contributed by atoms with Crippen LogP contribution < -0.4 is 10.5 Å². The standard InChI is InChI=1S/C9H11ClFNO/c1-4-7(11)6(10)9(13-3)5(2)8(4)12/h12H2,1-3H3. The molecule has 4 heteroatoms. The average molecular weight is 204 g/mol. The topological polar surface area (TPSA) is 35.2 Å². The lowest BCUT2D eigenvalue weighted by molar-refractivity contribution is 0.408. The lowest BCUT2D eigenvalue weighted by atomic mass is 10.1. The zero-order valence-corrected chi connectivity index (χ0v) is 8.50. The van der Waals surface area contributed by atoms with Crippen LogP contribution in [-0.4, -0.2) is 7.11 Å². The van der Waals surface area contributed by atoms with Crippen LogP contribution in [0.5, 0.6) is 5.75 Å². The van der Waals surface area contributed by atoms with Crippen molar-refractivity contribution in [3.8, 4) is 5.75 Å². The molecule has 0 aliphatic carbocycles. The van der Waals surface area contributed by atoms with Crippen LogP contribution in [0, 0.1) is 19.7 Å². The maximum Gasteiger partial charge on any atom is 0.150 e. The molecule has 72 valence electrons. The molecule has 2 nitrogen and oxygen atoms in total. The van der Waals surface area contributed by atoms with Crippen LogP contribution in [0.1, 0.15) is 11.1 Å². The van der Waals surface area contributed by atoms with E-state index in [2.05, 4.69) is 0 Å². The highest BCUT2D eigenvalue weighted by atomic mass is 35.5. The van der Waals surface area contributed by atoms with E-state index < -0.39 is 5.82 Å². The highest BCUT2D eigenvalue weighted by molar-refractivity contribution is 6.32. The zero-order valence-electron chi connectivity index (χ0n) is 7.74. The highest BCUT2D eigenvalue weighted by Crippen LogP contribution is 2.37. The zero-order chi connectivity index (χ0) is 10.2. The first-order chi connectivity index (χ1) is 6.00. The summed E-state index contributed by atoms with van der Waals surface area (Å²) in [7, 11) is 1.43. The highest BCUT2D eigenvalue weighted by Gasteiger charge is 2.16. The Labute approximate surface area is 81.4 Å². The molecule has 13 heavy (non-hydrogen) atoms. The molecule has 0 aliphatic heterocycles. The van der Waals surface area contributed by atoms with E-state index in [4.69, 9.17) is 22.1 Å². The van der Waals surface area contributed by atoms with Crippen molar-refractivity contribution in [1.29, 1.82) is 0 Å². The van der Waals surface area contributed by atoms with E-state index in [9.17, 15) is 4.39 Å². The largest absolute Gasteiger partial charge is 0.495 e. The Hall–Kier alpha value is -0.960. The molecule has 0 saturated heterocycles. The van der Waals surface area contributed by atoms with Crippen molar-refractivity contribution >= 4 is 17.3 Å². The van der Waals surface area contributed by atoms with Gasteiger partial charge < -0.3 is 10.5 Å². The van der Waals surface area contributed by atoms with E-state index in [-0.39, 0.29) is 5.02 Å². The second-order valence-electron chi connectivity index (χ2n) is 2.82. The van der Waals surface area contributed by atoms with Gasteiger partial charge in [-0.25, -0.2) is 4.39 Å². The molecular formula is C9H11ClFNO. The van der Waals surface area contributed by atoms with Gasteiger partial charge in [-0.05, 0) is 13.8 Å². The van der Waals surface area contributed by atoms with Crippen LogP contribution in [0.4, 0.5) is 10.1 Å². The molecule has 0 aliphatic rings. The number of anilines is 1. The monoisotopic (exact) mass is 203 g/mol. The summed E-state index contributed by atoms with van der Waals surface area (Å²) in [4.78, 5) is 0. The van der Waals surface area contributed by atoms with Crippen molar-refractivity contribution in [3.05, 3.63) is 22.0 Å². The maximum atomic E-state index is 13.3. The number of nitrogens with two attached hydrogens (primary N) is 1. The fourth-order valence-corrected chi connectivity index (χ4v) is 1.55. The van der Waals surface area contributed by atoms with Gasteiger partial charge >= 0.3 is 0 Å². The molecule has 1 rings (SSSR count). The summed E-state index contributed by atoms with van der Waals surface area (Å²) in [6, 6.07) is 0. The van der Waals surface area contributed by atoms with E-state index in [1.165, 1.54) is 7.11 Å². The molecule has 2 N–H and O–H groups in total. The third-order valence-corrected chi connectivity index (χ3v) is 2.41. The second kappa shape index (κ2) is 3.42. The molecule has 0 atom stereocenters. The molecule has 0 bridgehead atoms. The lowest BCUT2D eigenvalue weighted by Crippen LogP contribution is -2.01. The van der Waals surface area contributed by atoms with Gasteiger partial charge in [-0.2, -0.15) is 0 Å². The van der Waals surface area contributed by atoms with Gasteiger partial charge in [0.05, 0.1) is 7.11 Å². The van der Waals surface area contributed by atoms with Crippen molar-refractivity contribution in [2.75, 3.05) is 12.8 Å². The number of benzene rings is 1. The van der Waals surface area contributed by atoms with Crippen molar-refractivity contribution < 1.29 is 9.13 Å². The number of rotatable bonds is 1. The van der Waals surface area contributed by atoms with E-state index >= 15 is 0 Å². The third kappa shape index (κ3) is 1.44. The first-order valence-corrected chi connectivity index (χ1v) is 4.16. The Kier molecular flexibility index (Phi) is 2.66. The molecule has 1 aromatic rings. The Morgan fingerprint density at radius 2 is 1.85 bits per heavy atom. The van der Waals surface area contributed by atoms with Crippen LogP contribution >= 0.6 is 11.6 Å². The van der Waals surface area contributed by atoms with Crippen LogP contribution in [0.25, 0.3) is 0 Å². The summed E-state index contributed by atoms with van der Waals surface area (Å²) in [5, 5.41) is -0.00769. The summed E-state index contributed by atoms with van der Waals surface area (Å²) in [6.07, 6.45) is 0. The van der Waals surface area contributed by atoms with Gasteiger partial charge in [0.2, 0.25) is 0 Å². The van der Waals surface area contributed by atoms with Gasteiger partial charge in [-0.3, -0.25) is 0 Å². The van der Waals surface area contributed by atoms with Crippen LogP contribution in [0.15, 0.2) is 0 Å². The number of hydrogen-bond donors (Lipinski definition) is 1. The van der Waals surface area contributed by atoms with E-state index in [1.54, 1.807) is 13.8 Å². The van der Waals surface area contributed by atoms with Gasteiger partial charge in [-0.15, -0.1) is 0 Å². The van der Waals surface area contributed by atoms with Crippen molar-refractivity contribution in [1.82, 2.24) is 0 Å². The Morgan fingerprint density at radius 3 is 2.31 bits per heavy atom. The van der Waals surface area contributed by atoms with Crippen LogP contribution in [0.2, 0.25) is 5.02 Å². The molecule has 0 fully saturated rings. The second-order valence-corrected chi connectivity index (χ2v) is 3.20. The fraction of sp³-hybridized carbons (Fsp3) is 0.333. The molecule has 0 aromatic heterocycles. The maximum absolute atomic E-state index is 13.3. The molecular weight excluding hydrogens is 193 g/mol. The molecule has 1 aromatic carbocycles. The smallest absolute Gasteiger partial charge is 0.150 e. The van der Waals surface area contributed by atoms with Crippen molar-refractivity contribution in [2.45, 2.75) is 13.8 Å². The molecule has 0 radical (unpaired) electrons. The summed E-state index contributed by atoms with van der Waals surface area (Å²) in [6.45, 7) is 3.33. The fourth-order valence-electron chi connectivity index (χ4n) is 1.19. The summed E-state index contributed by atoms with van der Waals surface area (Å²) < 4.78 is 18.3. The molecule has 0 unspecified atom stereocenters. The summed E-state index contributed by atoms with van der Waals surface area (Å²) >= 11 is 5.72. The molecule has 0 spiro atoms. The number of methoxy groups -OCH3 is 1. The Balaban J connectivity index is 3.56. The van der Waals surface area contributed by atoms with E-state index in [0.29, 0.717) is 22.6 Å². The minimum Gasteiger partial charge on any atom is -0.495 e. The third-order valence-electron chi connectivity index (χ3n) is 2.07. The van der Waals surface area contributed by atoms with Gasteiger partial charge in [0, 0.05) is 16.8 Å². The first-order valence-electron chi connectivity index (χ1n) is 3.78. The predicted octanol–water partition coefficient (Wildman–Crippen LogP) is 2.69. The van der Waals surface area contributed by atoms with Gasteiger partial charge in [0.1, 0.15) is 10.8 Å². The summed E-state index contributed by atoms with van der Waals surface area (Å²) in [5.74, 6) is -0.205.